The molecule has 0 bridgehead atoms. The summed E-state index contributed by atoms with van der Waals surface area (Å²) in [4.78, 5) is 5.23. The summed E-state index contributed by atoms with van der Waals surface area (Å²) in [6.45, 7) is 13.3. The van der Waals surface area contributed by atoms with Crippen LogP contribution in [0.4, 0.5) is 0 Å². The summed E-state index contributed by atoms with van der Waals surface area (Å²) < 4.78 is 0. The zero-order chi connectivity index (χ0) is 13.2. The van der Waals surface area contributed by atoms with E-state index in [4.69, 9.17) is 0 Å². The highest BCUT2D eigenvalue weighted by atomic mass is 15.3. The molecule has 0 radical (unpaired) electrons. The summed E-state index contributed by atoms with van der Waals surface area (Å²) in [6, 6.07) is 0.692. The number of likely N-dealkylation sites (tertiary alicyclic amines) is 1. The second kappa shape index (κ2) is 5.89. The summed E-state index contributed by atoms with van der Waals surface area (Å²) in [5, 5.41) is 3.72. The maximum Gasteiger partial charge on any atom is 0.0278 e. The summed E-state index contributed by atoms with van der Waals surface area (Å²) in [5.74, 6) is 0.880. The van der Waals surface area contributed by atoms with Crippen molar-refractivity contribution in [1.29, 1.82) is 0 Å². The second-order valence-corrected chi connectivity index (χ2v) is 6.84. The fraction of sp³-hybridized carbons (Fsp3) is 1.00. The molecule has 2 aliphatic rings. The second-order valence-electron chi connectivity index (χ2n) is 6.84. The van der Waals surface area contributed by atoms with Crippen LogP contribution in [-0.2, 0) is 0 Å². The van der Waals surface area contributed by atoms with Gasteiger partial charge >= 0.3 is 0 Å². The van der Waals surface area contributed by atoms with Crippen molar-refractivity contribution in [3.63, 3.8) is 0 Å². The number of rotatable bonds is 3. The van der Waals surface area contributed by atoms with Gasteiger partial charge < -0.3 is 10.2 Å². The van der Waals surface area contributed by atoms with Crippen LogP contribution in [0.5, 0.6) is 0 Å². The van der Waals surface area contributed by atoms with Crippen LogP contribution >= 0.6 is 0 Å². The van der Waals surface area contributed by atoms with Crippen LogP contribution < -0.4 is 5.32 Å². The van der Waals surface area contributed by atoms with E-state index >= 15 is 0 Å². The summed E-state index contributed by atoms with van der Waals surface area (Å²) in [5.41, 5.74) is 0.326. The molecule has 2 heterocycles. The minimum absolute atomic E-state index is 0.326. The monoisotopic (exact) mass is 253 g/mol. The average molecular weight is 253 g/mol. The van der Waals surface area contributed by atoms with Crippen LogP contribution in [0.2, 0.25) is 0 Å². The molecule has 0 saturated carbocycles. The maximum atomic E-state index is 3.72. The number of nitrogens with one attached hydrogen (secondary N) is 1. The Morgan fingerprint density at radius 3 is 2.83 bits per heavy atom. The highest BCUT2D eigenvalue weighted by Gasteiger charge is 2.33. The van der Waals surface area contributed by atoms with E-state index in [2.05, 4.69) is 42.9 Å². The molecule has 0 aromatic rings. The fourth-order valence-electron chi connectivity index (χ4n) is 3.42. The third-order valence-electron chi connectivity index (χ3n) is 4.99. The third kappa shape index (κ3) is 3.46. The van der Waals surface area contributed by atoms with Crippen LogP contribution in [0.15, 0.2) is 0 Å². The topological polar surface area (TPSA) is 18.5 Å². The molecule has 3 unspecified atom stereocenters. The van der Waals surface area contributed by atoms with Gasteiger partial charge in [-0.1, -0.05) is 6.92 Å². The molecule has 3 nitrogen and oxygen atoms in total. The van der Waals surface area contributed by atoms with E-state index in [1.807, 2.05) is 0 Å². The van der Waals surface area contributed by atoms with E-state index < -0.39 is 0 Å². The first-order chi connectivity index (χ1) is 8.52. The summed E-state index contributed by atoms with van der Waals surface area (Å²) >= 11 is 0. The van der Waals surface area contributed by atoms with Crippen molar-refractivity contribution in [1.82, 2.24) is 15.1 Å². The van der Waals surface area contributed by atoms with Crippen molar-refractivity contribution in [2.75, 3.05) is 39.8 Å². The van der Waals surface area contributed by atoms with Gasteiger partial charge in [0.25, 0.3) is 0 Å². The first kappa shape index (κ1) is 14.3. The van der Waals surface area contributed by atoms with E-state index in [0.717, 1.165) is 12.5 Å². The SMILES string of the molecule is CCC1(C)CN(CC2CCCN(C)C2)C(C)CN1. The molecule has 2 aliphatic heterocycles. The molecule has 0 aromatic heterocycles. The molecule has 0 aliphatic carbocycles. The molecule has 18 heavy (non-hydrogen) atoms. The number of hydrogen-bond donors (Lipinski definition) is 1. The van der Waals surface area contributed by atoms with Crippen LogP contribution in [0.3, 0.4) is 0 Å². The Labute approximate surface area is 113 Å². The molecule has 2 rings (SSSR count). The lowest BCUT2D eigenvalue weighted by Crippen LogP contribution is -2.62. The highest BCUT2D eigenvalue weighted by Crippen LogP contribution is 2.23. The van der Waals surface area contributed by atoms with Gasteiger partial charge in [-0.25, -0.2) is 0 Å². The lowest BCUT2D eigenvalue weighted by atomic mass is 9.91. The Morgan fingerprint density at radius 2 is 2.17 bits per heavy atom. The van der Waals surface area contributed by atoms with Crippen LogP contribution in [0, 0.1) is 5.92 Å². The summed E-state index contributed by atoms with van der Waals surface area (Å²) in [7, 11) is 2.27. The van der Waals surface area contributed by atoms with Gasteiger partial charge in [0.05, 0.1) is 0 Å². The Hall–Kier alpha value is -0.120. The molecule has 106 valence electrons. The first-order valence-electron chi connectivity index (χ1n) is 7.70. The van der Waals surface area contributed by atoms with Gasteiger partial charge in [-0.3, -0.25) is 4.90 Å². The number of nitrogens with zero attached hydrogens (tertiary/aromatic N) is 2. The number of piperazine rings is 1. The quantitative estimate of drug-likeness (QED) is 0.827. The van der Waals surface area contributed by atoms with Crippen molar-refractivity contribution in [3.8, 4) is 0 Å². The van der Waals surface area contributed by atoms with Gasteiger partial charge in [-0.15, -0.1) is 0 Å². The average Bonchev–Trinajstić information content (AvgIpc) is 2.34. The van der Waals surface area contributed by atoms with Gasteiger partial charge in [0.1, 0.15) is 0 Å². The normalized spacial score (nSPS) is 40.0. The van der Waals surface area contributed by atoms with E-state index in [1.54, 1.807) is 0 Å². The molecule has 2 fully saturated rings. The van der Waals surface area contributed by atoms with Crippen molar-refractivity contribution >= 4 is 0 Å². The largest absolute Gasteiger partial charge is 0.309 e. The zero-order valence-electron chi connectivity index (χ0n) is 12.7. The smallest absolute Gasteiger partial charge is 0.0278 e. The molecule has 2 saturated heterocycles. The Bertz CT molecular complexity index is 268. The summed E-state index contributed by atoms with van der Waals surface area (Å²) in [6.07, 6.45) is 4.03. The standard InChI is InChI=1S/C15H31N3/c1-5-15(3)12-18(13(2)9-16-15)11-14-7-6-8-17(4)10-14/h13-14,16H,5-12H2,1-4H3. The van der Waals surface area contributed by atoms with E-state index in [1.165, 1.54) is 45.4 Å². The van der Waals surface area contributed by atoms with Crippen molar-refractivity contribution < 1.29 is 0 Å². The molecular weight excluding hydrogens is 222 g/mol. The van der Waals surface area contributed by atoms with Crippen LogP contribution in [-0.4, -0.2) is 61.2 Å². The predicted octanol–water partition coefficient (Wildman–Crippen LogP) is 1.79. The van der Waals surface area contributed by atoms with E-state index in [0.29, 0.717) is 11.6 Å². The molecule has 3 atom stereocenters. The molecule has 1 N–H and O–H groups in total. The van der Waals surface area contributed by atoms with Crippen molar-refractivity contribution in [2.45, 2.75) is 51.6 Å². The highest BCUT2D eigenvalue weighted by molar-refractivity contribution is 4.93. The van der Waals surface area contributed by atoms with Gasteiger partial charge in [-0.05, 0) is 52.6 Å². The molecule has 0 spiro atoms. The Balaban J connectivity index is 1.90. The van der Waals surface area contributed by atoms with Gasteiger partial charge in [0.15, 0.2) is 0 Å². The molecule has 0 aromatic carbocycles. The van der Waals surface area contributed by atoms with E-state index in [-0.39, 0.29) is 0 Å². The van der Waals surface area contributed by atoms with Crippen LogP contribution in [0.25, 0.3) is 0 Å². The van der Waals surface area contributed by atoms with Gasteiger partial charge in [0, 0.05) is 37.8 Å². The number of piperidine rings is 1. The predicted molar refractivity (Wildman–Crippen MR) is 78.0 cm³/mol. The first-order valence-corrected chi connectivity index (χ1v) is 7.70. The van der Waals surface area contributed by atoms with Crippen molar-refractivity contribution in [2.24, 2.45) is 5.92 Å². The fourth-order valence-corrected chi connectivity index (χ4v) is 3.42. The number of hydrogen-bond acceptors (Lipinski definition) is 3. The Morgan fingerprint density at radius 1 is 1.39 bits per heavy atom. The van der Waals surface area contributed by atoms with Gasteiger partial charge in [0.2, 0.25) is 0 Å². The molecular formula is C15H31N3. The van der Waals surface area contributed by atoms with E-state index in [9.17, 15) is 0 Å². The molecule has 0 amide bonds. The minimum atomic E-state index is 0.326. The molecule has 3 heteroatoms. The van der Waals surface area contributed by atoms with Crippen LogP contribution in [0.1, 0.15) is 40.0 Å². The lowest BCUT2D eigenvalue weighted by Gasteiger charge is -2.46. The lowest BCUT2D eigenvalue weighted by molar-refractivity contribution is 0.0618. The minimum Gasteiger partial charge on any atom is -0.309 e. The third-order valence-corrected chi connectivity index (χ3v) is 4.99. The maximum absolute atomic E-state index is 3.72. The Kier molecular flexibility index (Phi) is 4.68. The van der Waals surface area contributed by atoms with Crippen molar-refractivity contribution in [3.05, 3.63) is 0 Å². The zero-order valence-corrected chi connectivity index (χ0v) is 12.7. The van der Waals surface area contributed by atoms with Gasteiger partial charge in [-0.2, -0.15) is 0 Å².